The summed E-state index contributed by atoms with van der Waals surface area (Å²) in [5.74, 6) is 4.16. The minimum atomic E-state index is -4.62. The molecule has 174 valence electrons. The lowest BCUT2D eigenvalue weighted by Crippen LogP contribution is -2.25. The SMILES string of the molecule is FC(F)(F)Oc1ccc([C@H]2CC[C@H]([C@H]3CC[C@H](CCCC4CCCC4)CC3)CC2)cc1. The minimum absolute atomic E-state index is 0.120. The number of benzene rings is 1. The highest BCUT2D eigenvalue weighted by Gasteiger charge is 2.32. The third-order valence-electron chi connectivity index (χ3n) is 8.61. The van der Waals surface area contributed by atoms with Crippen LogP contribution in [-0.4, -0.2) is 6.36 Å². The molecule has 4 heteroatoms. The first-order valence-corrected chi connectivity index (χ1v) is 12.8. The Balaban J connectivity index is 1.15. The first-order valence-electron chi connectivity index (χ1n) is 12.8. The molecule has 4 rings (SSSR count). The largest absolute Gasteiger partial charge is 0.573 e. The van der Waals surface area contributed by atoms with Crippen molar-refractivity contribution in [1.29, 1.82) is 0 Å². The van der Waals surface area contributed by atoms with Gasteiger partial charge in [0.1, 0.15) is 5.75 Å². The van der Waals surface area contributed by atoms with Gasteiger partial charge in [0.2, 0.25) is 0 Å². The molecule has 0 saturated heterocycles. The summed E-state index contributed by atoms with van der Waals surface area (Å²) in [5, 5.41) is 0. The molecular formula is C27H39F3O. The van der Waals surface area contributed by atoms with Crippen LogP contribution in [0.25, 0.3) is 0 Å². The summed E-state index contributed by atoms with van der Waals surface area (Å²) >= 11 is 0. The zero-order valence-corrected chi connectivity index (χ0v) is 18.8. The van der Waals surface area contributed by atoms with Gasteiger partial charge in [0.05, 0.1) is 0 Å². The van der Waals surface area contributed by atoms with Crippen molar-refractivity contribution in [2.45, 2.75) is 109 Å². The lowest BCUT2D eigenvalue weighted by molar-refractivity contribution is -0.274. The van der Waals surface area contributed by atoms with Gasteiger partial charge in [-0.15, -0.1) is 13.2 Å². The van der Waals surface area contributed by atoms with E-state index in [-0.39, 0.29) is 5.75 Å². The Morgan fingerprint density at radius 1 is 0.677 bits per heavy atom. The molecule has 3 saturated carbocycles. The summed E-state index contributed by atoms with van der Waals surface area (Å²) in [6.07, 6.45) is 16.3. The van der Waals surface area contributed by atoms with E-state index < -0.39 is 6.36 Å². The van der Waals surface area contributed by atoms with Gasteiger partial charge in [-0.05, 0) is 85.8 Å². The highest BCUT2D eigenvalue weighted by molar-refractivity contribution is 5.29. The number of rotatable bonds is 7. The normalized spacial score (nSPS) is 30.4. The molecule has 0 aliphatic heterocycles. The summed E-state index contributed by atoms with van der Waals surface area (Å²) in [6, 6.07) is 6.57. The van der Waals surface area contributed by atoms with Crippen LogP contribution in [0.5, 0.6) is 5.75 Å². The van der Waals surface area contributed by atoms with E-state index in [1.807, 2.05) is 12.1 Å². The van der Waals surface area contributed by atoms with Crippen LogP contribution < -0.4 is 4.74 Å². The molecule has 0 unspecified atom stereocenters. The average molecular weight is 437 g/mol. The zero-order chi connectivity index (χ0) is 21.7. The van der Waals surface area contributed by atoms with Gasteiger partial charge in [-0.2, -0.15) is 0 Å². The fourth-order valence-corrected chi connectivity index (χ4v) is 6.81. The van der Waals surface area contributed by atoms with Crippen molar-refractivity contribution < 1.29 is 17.9 Å². The van der Waals surface area contributed by atoms with Crippen LogP contribution >= 0.6 is 0 Å². The van der Waals surface area contributed by atoms with Crippen LogP contribution in [0.1, 0.15) is 108 Å². The molecule has 3 aliphatic carbocycles. The number of halogens is 3. The van der Waals surface area contributed by atoms with Crippen LogP contribution in [0.4, 0.5) is 13.2 Å². The quantitative estimate of drug-likeness (QED) is 0.414. The van der Waals surface area contributed by atoms with Crippen LogP contribution in [0.15, 0.2) is 24.3 Å². The van der Waals surface area contributed by atoms with E-state index in [1.54, 1.807) is 0 Å². The van der Waals surface area contributed by atoms with Crippen molar-refractivity contribution >= 4 is 0 Å². The van der Waals surface area contributed by atoms with Crippen molar-refractivity contribution in [2.24, 2.45) is 23.7 Å². The number of hydrogen-bond acceptors (Lipinski definition) is 1. The first kappa shape index (κ1) is 23.0. The Kier molecular flexibility index (Phi) is 7.87. The van der Waals surface area contributed by atoms with Crippen molar-refractivity contribution in [1.82, 2.24) is 0 Å². The van der Waals surface area contributed by atoms with Crippen molar-refractivity contribution in [2.75, 3.05) is 0 Å². The fourth-order valence-electron chi connectivity index (χ4n) is 6.81. The molecule has 1 aromatic carbocycles. The van der Waals surface area contributed by atoms with E-state index in [0.29, 0.717) is 5.92 Å². The molecule has 0 N–H and O–H groups in total. The van der Waals surface area contributed by atoms with E-state index in [0.717, 1.165) is 23.7 Å². The van der Waals surface area contributed by atoms with Gasteiger partial charge < -0.3 is 4.74 Å². The molecule has 0 bridgehead atoms. The molecule has 0 aromatic heterocycles. The lowest BCUT2D eigenvalue weighted by Gasteiger charge is -2.38. The molecule has 0 radical (unpaired) electrons. The smallest absolute Gasteiger partial charge is 0.406 e. The molecule has 1 aromatic rings. The molecule has 0 amide bonds. The maximum absolute atomic E-state index is 12.3. The van der Waals surface area contributed by atoms with E-state index in [4.69, 9.17) is 0 Å². The van der Waals surface area contributed by atoms with Gasteiger partial charge in [0, 0.05) is 0 Å². The van der Waals surface area contributed by atoms with Gasteiger partial charge in [0.15, 0.2) is 0 Å². The average Bonchev–Trinajstić information content (AvgIpc) is 3.28. The van der Waals surface area contributed by atoms with Gasteiger partial charge >= 0.3 is 6.36 Å². The standard InChI is InChI=1S/C27H39F3O/c28-27(29,30)31-26-18-16-25(17-19-26)24-14-12-23(13-15-24)22-10-8-21(9-11-22)7-3-6-20-4-1-2-5-20/h16-24H,1-15H2/t21-,22-,23-,24-. The molecule has 1 nitrogen and oxygen atoms in total. The van der Waals surface area contributed by atoms with Gasteiger partial charge in [-0.1, -0.05) is 69.9 Å². The van der Waals surface area contributed by atoms with Crippen molar-refractivity contribution in [3.63, 3.8) is 0 Å². The highest BCUT2D eigenvalue weighted by Crippen LogP contribution is 2.45. The third-order valence-corrected chi connectivity index (χ3v) is 8.61. The molecule has 3 aliphatic rings. The van der Waals surface area contributed by atoms with E-state index >= 15 is 0 Å². The van der Waals surface area contributed by atoms with Gasteiger partial charge in [-0.3, -0.25) is 0 Å². The predicted octanol–water partition coefficient (Wildman–Crippen LogP) is 9.03. The van der Waals surface area contributed by atoms with Crippen LogP contribution in [0, 0.1) is 23.7 Å². The number of alkyl halides is 3. The second-order valence-electron chi connectivity index (χ2n) is 10.6. The second-order valence-corrected chi connectivity index (χ2v) is 10.6. The maximum atomic E-state index is 12.3. The molecule has 31 heavy (non-hydrogen) atoms. The zero-order valence-electron chi connectivity index (χ0n) is 18.8. The molecule has 0 atom stereocenters. The Hall–Kier alpha value is -1.19. The van der Waals surface area contributed by atoms with Crippen LogP contribution in [-0.2, 0) is 0 Å². The monoisotopic (exact) mass is 436 g/mol. The van der Waals surface area contributed by atoms with E-state index in [9.17, 15) is 13.2 Å². The Morgan fingerprint density at radius 2 is 1.19 bits per heavy atom. The predicted molar refractivity (Wildman–Crippen MR) is 119 cm³/mol. The number of ether oxygens (including phenoxy) is 1. The minimum Gasteiger partial charge on any atom is -0.406 e. The summed E-state index contributed by atoms with van der Waals surface area (Å²) < 4.78 is 41.0. The molecular weight excluding hydrogens is 397 g/mol. The summed E-state index contributed by atoms with van der Waals surface area (Å²) in [5.41, 5.74) is 1.17. The first-order chi connectivity index (χ1) is 15.0. The van der Waals surface area contributed by atoms with Gasteiger partial charge in [0.25, 0.3) is 0 Å². The van der Waals surface area contributed by atoms with Crippen LogP contribution in [0.2, 0.25) is 0 Å². The second kappa shape index (κ2) is 10.6. The topological polar surface area (TPSA) is 9.23 Å². The van der Waals surface area contributed by atoms with E-state index in [1.165, 1.54) is 114 Å². The van der Waals surface area contributed by atoms with Crippen LogP contribution in [0.3, 0.4) is 0 Å². The summed E-state index contributed by atoms with van der Waals surface area (Å²) in [7, 11) is 0. The van der Waals surface area contributed by atoms with E-state index in [2.05, 4.69) is 4.74 Å². The maximum Gasteiger partial charge on any atom is 0.573 e. The Labute approximate surface area is 186 Å². The number of hydrogen-bond donors (Lipinski definition) is 0. The Bertz CT molecular complexity index is 646. The van der Waals surface area contributed by atoms with Gasteiger partial charge in [-0.25, -0.2) is 0 Å². The Morgan fingerprint density at radius 3 is 1.74 bits per heavy atom. The van der Waals surface area contributed by atoms with Crippen molar-refractivity contribution in [3.05, 3.63) is 29.8 Å². The molecule has 0 spiro atoms. The third kappa shape index (κ3) is 6.89. The fraction of sp³-hybridized carbons (Fsp3) is 0.778. The summed E-state index contributed by atoms with van der Waals surface area (Å²) in [6.45, 7) is 0. The summed E-state index contributed by atoms with van der Waals surface area (Å²) in [4.78, 5) is 0. The highest BCUT2D eigenvalue weighted by atomic mass is 19.4. The lowest BCUT2D eigenvalue weighted by atomic mass is 9.68. The molecule has 0 heterocycles. The van der Waals surface area contributed by atoms with Crippen molar-refractivity contribution in [3.8, 4) is 5.75 Å². The molecule has 3 fully saturated rings.